The number of aromatic amines is 1. The van der Waals surface area contributed by atoms with Crippen molar-refractivity contribution in [2.45, 2.75) is 45.2 Å². The summed E-state index contributed by atoms with van der Waals surface area (Å²) < 4.78 is 2.26. The van der Waals surface area contributed by atoms with Gasteiger partial charge in [-0.2, -0.15) is 5.10 Å². The van der Waals surface area contributed by atoms with Gasteiger partial charge in [-0.05, 0) is 25.8 Å². The number of likely N-dealkylation sites (tertiary alicyclic amines) is 1. The predicted octanol–water partition coefficient (Wildman–Crippen LogP) is 1.79. The summed E-state index contributed by atoms with van der Waals surface area (Å²) in [5.74, 6) is 2.66. The van der Waals surface area contributed by atoms with E-state index in [2.05, 4.69) is 42.8 Å². The molecule has 0 aliphatic carbocycles. The van der Waals surface area contributed by atoms with Crippen LogP contribution >= 0.6 is 0 Å². The highest BCUT2D eigenvalue weighted by Crippen LogP contribution is 2.24. The molecule has 0 saturated carbocycles. The molecule has 1 aliphatic heterocycles. The number of hydrogen-bond acceptors (Lipinski definition) is 4. The van der Waals surface area contributed by atoms with Crippen molar-refractivity contribution in [3.8, 4) is 0 Å². The third kappa shape index (κ3) is 2.90. The van der Waals surface area contributed by atoms with Crippen molar-refractivity contribution in [2.75, 3.05) is 13.1 Å². The van der Waals surface area contributed by atoms with Gasteiger partial charge in [0, 0.05) is 31.4 Å². The van der Waals surface area contributed by atoms with Gasteiger partial charge in [0.2, 0.25) is 0 Å². The maximum absolute atomic E-state index is 4.50. The van der Waals surface area contributed by atoms with Gasteiger partial charge in [0.05, 0.1) is 6.54 Å². The number of nitrogens with zero attached hydrogens (tertiary/aromatic N) is 5. The summed E-state index contributed by atoms with van der Waals surface area (Å²) in [7, 11) is 0. The van der Waals surface area contributed by atoms with Gasteiger partial charge < -0.3 is 4.57 Å². The molecule has 0 radical (unpaired) electrons. The van der Waals surface area contributed by atoms with Crippen LogP contribution in [-0.2, 0) is 13.1 Å². The van der Waals surface area contributed by atoms with Crippen molar-refractivity contribution in [1.29, 1.82) is 0 Å². The van der Waals surface area contributed by atoms with Crippen LogP contribution in [-0.4, -0.2) is 42.7 Å². The molecule has 0 amide bonds. The summed E-state index contributed by atoms with van der Waals surface area (Å²) in [6.07, 6.45) is 9.13. The molecule has 1 N–H and O–H groups in total. The molecule has 0 aromatic carbocycles. The van der Waals surface area contributed by atoms with Crippen LogP contribution in [0.15, 0.2) is 18.7 Å². The minimum absolute atomic E-state index is 0.473. The van der Waals surface area contributed by atoms with Gasteiger partial charge in [-0.15, -0.1) is 0 Å². The van der Waals surface area contributed by atoms with E-state index in [9.17, 15) is 0 Å². The second-order valence-electron chi connectivity index (χ2n) is 5.48. The normalized spacial score (nSPS) is 20.4. The van der Waals surface area contributed by atoms with Crippen LogP contribution in [0.25, 0.3) is 0 Å². The van der Waals surface area contributed by atoms with E-state index < -0.39 is 0 Å². The second kappa shape index (κ2) is 6.17. The molecule has 2 aromatic rings. The Balaban J connectivity index is 1.64. The standard InChI is InChI=1S/C14H22N6/c1-2-6-20-8-5-15-13(20)10-19-7-3-4-12(9-19)14-16-11-17-18-14/h5,8,11-12H,2-4,6-7,9-10H2,1H3,(H,16,17,18)/t12-/m1/s1. The molecule has 6 nitrogen and oxygen atoms in total. The summed E-state index contributed by atoms with van der Waals surface area (Å²) >= 11 is 0. The van der Waals surface area contributed by atoms with Gasteiger partial charge in [-0.3, -0.25) is 10.00 Å². The first-order chi connectivity index (χ1) is 9.86. The predicted molar refractivity (Wildman–Crippen MR) is 76.2 cm³/mol. The van der Waals surface area contributed by atoms with Crippen molar-refractivity contribution < 1.29 is 0 Å². The Morgan fingerprint density at radius 1 is 1.40 bits per heavy atom. The summed E-state index contributed by atoms with van der Waals surface area (Å²) in [6.45, 7) is 6.36. The molecule has 108 valence electrons. The van der Waals surface area contributed by atoms with Crippen molar-refractivity contribution in [3.63, 3.8) is 0 Å². The van der Waals surface area contributed by atoms with E-state index in [1.807, 2.05) is 6.20 Å². The van der Waals surface area contributed by atoms with E-state index in [-0.39, 0.29) is 0 Å². The van der Waals surface area contributed by atoms with E-state index >= 15 is 0 Å². The molecular formula is C14H22N6. The number of imidazole rings is 1. The lowest BCUT2D eigenvalue weighted by atomic mass is 9.97. The molecule has 6 heteroatoms. The van der Waals surface area contributed by atoms with Gasteiger partial charge in [0.25, 0.3) is 0 Å². The summed E-state index contributed by atoms with van der Waals surface area (Å²) in [5.41, 5.74) is 0. The van der Waals surface area contributed by atoms with Gasteiger partial charge in [-0.25, -0.2) is 9.97 Å². The molecule has 3 rings (SSSR count). The fourth-order valence-corrected chi connectivity index (χ4v) is 2.97. The Bertz CT molecular complexity index is 518. The monoisotopic (exact) mass is 274 g/mol. The van der Waals surface area contributed by atoms with Crippen LogP contribution in [0.1, 0.15) is 43.8 Å². The number of aromatic nitrogens is 5. The number of hydrogen-bond donors (Lipinski definition) is 1. The van der Waals surface area contributed by atoms with E-state index in [0.29, 0.717) is 5.92 Å². The van der Waals surface area contributed by atoms with E-state index in [1.54, 1.807) is 6.33 Å². The first kappa shape index (κ1) is 13.3. The summed E-state index contributed by atoms with van der Waals surface area (Å²) in [4.78, 5) is 11.3. The largest absolute Gasteiger partial charge is 0.334 e. The number of aryl methyl sites for hydroxylation is 1. The third-order valence-electron chi connectivity index (χ3n) is 3.96. The zero-order chi connectivity index (χ0) is 13.8. The Kier molecular flexibility index (Phi) is 4.11. The van der Waals surface area contributed by atoms with Crippen LogP contribution in [0, 0.1) is 0 Å². The highest BCUT2D eigenvalue weighted by atomic mass is 15.2. The Hall–Kier alpha value is -1.69. The smallest absolute Gasteiger partial charge is 0.137 e. The average molecular weight is 274 g/mol. The van der Waals surface area contributed by atoms with Crippen LogP contribution in [0.5, 0.6) is 0 Å². The first-order valence-corrected chi connectivity index (χ1v) is 7.44. The molecule has 3 heterocycles. The maximum Gasteiger partial charge on any atom is 0.137 e. The molecule has 1 atom stereocenters. The van der Waals surface area contributed by atoms with E-state index in [1.165, 1.54) is 18.7 Å². The number of piperidine rings is 1. The fraction of sp³-hybridized carbons (Fsp3) is 0.643. The second-order valence-corrected chi connectivity index (χ2v) is 5.48. The molecule has 0 bridgehead atoms. The lowest BCUT2D eigenvalue weighted by Crippen LogP contribution is -2.35. The Morgan fingerprint density at radius 2 is 2.35 bits per heavy atom. The van der Waals surface area contributed by atoms with Crippen molar-refractivity contribution in [1.82, 2.24) is 29.6 Å². The van der Waals surface area contributed by atoms with Crippen LogP contribution in [0.2, 0.25) is 0 Å². The van der Waals surface area contributed by atoms with Crippen LogP contribution < -0.4 is 0 Å². The minimum Gasteiger partial charge on any atom is -0.334 e. The third-order valence-corrected chi connectivity index (χ3v) is 3.96. The molecule has 1 aliphatic rings. The highest BCUT2D eigenvalue weighted by molar-refractivity contribution is 4.99. The van der Waals surface area contributed by atoms with Gasteiger partial charge in [0.1, 0.15) is 18.0 Å². The molecular weight excluding hydrogens is 252 g/mol. The average Bonchev–Trinajstić information content (AvgIpc) is 3.12. The lowest BCUT2D eigenvalue weighted by molar-refractivity contribution is 0.190. The van der Waals surface area contributed by atoms with Gasteiger partial charge in [-0.1, -0.05) is 6.92 Å². The molecule has 20 heavy (non-hydrogen) atoms. The molecule has 1 fully saturated rings. The molecule has 1 saturated heterocycles. The van der Waals surface area contributed by atoms with Crippen LogP contribution in [0.4, 0.5) is 0 Å². The maximum atomic E-state index is 4.50. The fourth-order valence-electron chi connectivity index (χ4n) is 2.97. The minimum atomic E-state index is 0.473. The van der Waals surface area contributed by atoms with Crippen LogP contribution in [0.3, 0.4) is 0 Å². The first-order valence-electron chi connectivity index (χ1n) is 7.44. The molecule has 0 unspecified atom stereocenters. The van der Waals surface area contributed by atoms with Gasteiger partial charge in [0.15, 0.2) is 0 Å². The van der Waals surface area contributed by atoms with Gasteiger partial charge >= 0.3 is 0 Å². The molecule has 2 aromatic heterocycles. The Labute approximate surface area is 119 Å². The zero-order valence-electron chi connectivity index (χ0n) is 12.0. The van der Waals surface area contributed by atoms with Crippen molar-refractivity contribution in [3.05, 3.63) is 30.4 Å². The number of H-pyrrole nitrogens is 1. The van der Waals surface area contributed by atoms with Crippen molar-refractivity contribution >= 4 is 0 Å². The Morgan fingerprint density at radius 3 is 3.15 bits per heavy atom. The van der Waals surface area contributed by atoms with E-state index in [0.717, 1.165) is 38.4 Å². The molecule has 0 spiro atoms. The number of rotatable bonds is 5. The summed E-state index contributed by atoms with van der Waals surface area (Å²) in [6, 6.07) is 0. The lowest BCUT2D eigenvalue weighted by Gasteiger charge is -2.31. The summed E-state index contributed by atoms with van der Waals surface area (Å²) in [5, 5.41) is 6.97. The number of nitrogens with one attached hydrogen (secondary N) is 1. The van der Waals surface area contributed by atoms with E-state index in [4.69, 9.17) is 0 Å². The highest BCUT2D eigenvalue weighted by Gasteiger charge is 2.24. The SMILES string of the molecule is CCCn1ccnc1CN1CCC[C@@H](c2ncn[nH]2)C1. The topological polar surface area (TPSA) is 62.6 Å². The quantitative estimate of drug-likeness (QED) is 0.903. The van der Waals surface area contributed by atoms with Crippen molar-refractivity contribution in [2.24, 2.45) is 0 Å². The zero-order valence-corrected chi connectivity index (χ0v) is 12.0.